The van der Waals surface area contributed by atoms with Crippen molar-refractivity contribution in [2.45, 2.75) is 20.0 Å². The summed E-state index contributed by atoms with van der Waals surface area (Å²) in [5, 5.41) is 0. The molecule has 0 atom stereocenters. The second kappa shape index (κ2) is 4.62. The van der Waals surface area contributed by atoms with E-state index in [-0.39, 0.29) is 0 Å². The highest BCUT2D eigenvalue weighted by Crippen LogP contribution is 2.20. The van der Waals surface area contributed by atoms with Gasteiger partial charge >= 0.3 is 0 Å². The Balaban J connectivity index is 1.93. The Bertz CT molecular complexity index is 634. The van der Waals surface area contributed by atoms with Gasteiger partial charge in [-0.05, 0) is 19.1 Å². The minimum Gasteiger partial charge on any atom is -0.389 e. The molecular formula is C13H15N5S. The van der Waals surface area contributed by atoms with Gasteiger partial charge in [0.1, 0.15) is 16.6 Å². The molecule has 3 heterocycles. The number of fused-ring (bicyclic) bond motifs is 1. The lowest BCUT2D eigenvalue weighted by molar-refractivity contribution is 0.556. The van der Waals surface area contributed by atoms with Gasteiger partial charge in [-0.3, -0.25) is 0 Å². The molecule has 6 heteroatoms. The maximum absolute atomic E-state index is 5.71. The number of aromatic nitrogens is 3. The van der Waals surface area contributed by atoms with Crippen molar-refractivity contribution in [2.24, 2.45) is 5.73 Å². The molecule has 0 fully saturated rings. The molecule has 0 aromatic carbocycles. The first kappa shape index (κ1) is 12.1. The van der Waals surface area contributed by atoms with E-state index < -0.39 is 0 Å². The lowest BCUT2D eigenvalue weighted by Gasteiger charge is -2.29. The number of anilines is 1. The van der Waals surface area contributed by atoms with E-state index >= 15 is 0 Å². The monoisotopic (exact) mass is 273 g/mol. The normalized spacial score (nSPS) is 14.3. The quantitative estimate of drug-likeness (QED) is 0.834. The Hall–Kier alpha value is -1.95. The maximum atomic E-state index is 5.71. The van der Waals surface area contributed by atoms with Crippen molar-refractivity contribution in [3.63, 3.8) is 0 Å². The standard InChI is InChI=1S/C13H15N5S/c1-9-6-10(13(14)19)7-11(16-9)18-5-4-17-3-2-15-12(17)8-18/h2-3,6-7H,4-5,8H2,1H3,(H2,14,19). The predicted octanol–water partition coefficient (Wildman–Crippen LogP) is 1.24. The topological polar surface area (TPSA) is 60.0 Å². The van der Waals surface area contributed by atoms with E-state index in [4.69, 9.17) is 18.0 Å². The molecule has 1 aliphatic heterocycles. The third kappa shape index (κ3) is 2.31. The summed E-state index contributed by atoms with van der Waals surface area (Å²) in [4.78, 5) is 11.5. The fraction of sp³-hybridized carbons (Fsp3) is 0.308. The van der Waals surface area contributed by atoms with E-state index in [0.717, 1.165) is 42.5 Å². The van der Waals surface area contributed by atoms with Crippen LogP contribution in [0.25, 0.3) is 0 Å². The Morgan fingerprint density at radius 1 is 1.37 bits per heavy atom. The molecule has 1 aliphatic rings. The third-order valence-electron chi connectivity index (χ3n) is 3.29. The highest BCUT2D eigenvalue weighted by molar-refractivity contribution is 7.80. The lowest BCUT2D eigenvalue weighted by atomic mass is 10.2. The van der Waals surface area contributed by atoms with Crippen LogP contribution in [0.2, 0.25) is 0 Å². The van der Waals surface area contributed by atoms with Gasteiger partial charge in [0.05, 0.1) is 6.54 Å². The Kier molecular flexibility index (Phi) is 2.94. The summed E-state index contributed by atoms with van der Waals surface area (Å²) in [6.07, 6.45) is 3.85. The van der Waals surface area contributed by atoms with Gasteiger partial charge in [0.15, 0.2) is 0 Å². The van der Waals surface area contributed by atoms with Crippen LogP contribution in [0.5, 0.6) is 0 Å². The van der Waals surface area contributed by atoms with Crippen LogP contribution in [0.4, 0.5) is 5.82 Å². The summed E-state index contributed by atoms with van der Waals surface area (Å²) in [6, 6.07) is 3.87. The lowest BCUT2D eigenvalue weighted by Crippen LogP contribution is -2.34. The first-order valence-corrected chi connectivity index (χ1v) is 6.58. The van der Waals surface area contributed by atoms with Crippen LogP contribution in [0.1, 0.15) is 17.1 Å². The third-order valence-corrected chi connectivity index (χ3v) is 3.53. The van der Waals surface area contributed by atoms with E-state index in [9.17, 15) is 0 Å². The van der Waals surface area contributed by atoms with Crippen molar-refractivity contribution >= 4 is 23.0 Å². The number of hydrogen-bond acceptors (Lipinski definition) is 4. The van der Waals surface area contributed by atoms with E-state index in [0.29, 0.717) is 4.99 Å². The number of nitrogens with zero attached hydrogens (tertiary/aromatic N) is 4. The fourth-order valence-corrected chi connectivity index (χ4v) is 2.44. The van der Waals surface area contributed by atoms with Gasteiger partial charge in [-0.2, -0.15) is 0 Å². The second-order valence-corrected chi connectivity index (χ2v) is 5.12. The molecular weight excluding hydrogens is 258 g/mol. The number of nitrogens with two attached hydrogens (primary N) is 1. The van der Waals surface area contributed by atoms with Crippen molar-refractivity contribution in [2.75, 3.05) is 11.4 Å². The van der Waals surface area contributed by atoms with E-state index in [1.165, 1.54) is 0 Å². The zero-order valence-electron chi connectivity index (χ0n) is 10.7. The Labute approximate surface area is 117 Å². The summed E-state index contributed by atoms with van der Waals surface area (Å²) < 4.78 is 2.17. The maximum Gasteiger partial charge on any atom is 0.129 e. The van der Waals surface area contributed by atoms with Crippen molar-refractivity contribution in [3.8, 4) is 0 Å². The zero-order valence-corrected chi connectivity index (χ0v) is 11.5. The molecule has 0 amide bonds. The summed E-state index contributed by atoms with van der Waals surface area (Å²) in [5.41, 5.74) is 7.50. The van der Waals surface area contributed by atoms with Crippen molar-refractivity contribution in [1.29, 1.82) is 0 Å². The highest BCUT2D eigenvalue weighted by Gasteiger charge is 2.18. The van der Waals surface area contributed by atoms with Gasteiger partial charge in [0.25, 0.3) is 0 Å². The minimum atomic E-state index is 0.408. The summed E-state index contributed by atoms with van der Waals surface area (Å²) >= 11 is 5.05. The smallest absolute Gasteiger partial charge is 0.129 e. The predicted molar refractivity (Wildman–Crippen MR) is 78.1 cm³/mol. The van der Waals surface area contributed by atoms with E-state index in [1.54, 1.807) is 0 Å². The van der Waals surface area contributed by atoms with Gasteiger partial charge < -0.3 is 15.2 Å². The molecule has 2 N–H and O–H groups in total. The van der Waals surface area contributed by atoms with Gasteiger partial charge in [-0.15, -0.1) is 0 Å². The average Bonchev–Trinajstić information content (AvgIpc) is 2.85. The molecule has 0 saturated heterocycles. The number of thiocarbonyl (C=S) groups is 1. The molecule has 5 nitrogen and oxygen atoms in total. The molecule has 98 valence electrons. The largest absolute Gasteiger partial charge is 0.389 e. The molecule has 0 unspecified atom stereocenters. The van der Waals surface area contributed by atoms with Crippen LogP contribution in [-0.2, 0) is 13.1 Å². The molecule has 2 aromatic rings. The number of aryl methyl sites for hydroxylation is 1. The zero-order chi connectivity index (χ0) is 13.4. The van der Waals surface area contributed by atoms with Crippen LogP contribution in [0.15, 0.2) is 24.5 Å². The Morgan fingerprint density at radius 2 is 2.21 bits per heavy atom. The summed E-state index contributed by atoms with van der Waals surface area (Å²) in [6.45, 7) is 4.56. The molecule has 3 rings (SSSR count). The van der Waals surface area contributed by atoms with Gasteiger partial charge in [0.2, 0.25) is 0 Å². The SMILES string of the molecule is Cc1cc(C(N)=S)cc(N2CCn3ccnc3C2)n1. The number of imidazole rings is 1. The number of rotatable bonds is 2. The van der Waals surface area contributed by atoms with E-state index in [1.807, 2.05) is 31.5 Å². The molecule has 2 aromatic heterocycles. The first-order chi connectivity index (χ1) is 9.13. The Morgan fingerprint density at radius 3 is 3.00 bits per heavy atom. The van der Waals surface area contributed by atoms with Gasteiger partial charge in [-0.1, -0.05) is 12.2 Å². The number of hydrogen-bond donors (Lipinski definition) is 1. The number of pyridine rings is 1. The average molecular weight is 273 g/mol. The fourth-order valence-electron chi connectivity index (χ4n) is 2.32. The van der Waals surface area contributed by atoms with Crippen LogP contribution >= 0.6 is 12.2 Å². The molecule has 0 bridgehead atoms. The van der Waals surface area contributed by atoms with Crippen molar-refractivity contribution in [3.05, 3.63) is 41.6 Å². The molecule has 19 heavy (non-hydrogen) atoms. The summed E-state index contributed by atoms with van der Waals surface area (Å²) in [5.74, 6) is 1.98. The van der Waals surface area contributed by atoms with Crippen LogP contribution < -0.4 is 10.6 Å². The molecule has 0 aliphatic carbocycles. The molecule has 0 saturated carbocycles. The van der Waals surface area contributed by atoms with E-state index in [2.05, 4.69) is 19.4 Å². The van der Waals surface area contributed by atoms with Crippen molar-refractivity contribution < 1.29 is 0 Å². The highest BCUT2D eigenvalue weighted by atomic mass is 32.1. The summed E-state index contributed by atoms with van der Waals surface area (Å²) in [7, 11) is 0. The van der Waals surface area contributed by atoms with Crippen LogP contribution in [0, 0.1) is 6.92 Å². The minimum absolute atomic E-state index is 0.408. The first-order valence-electron chi connectivity index (χ1n) is 6.17. The van der Waals surface area contributed by atoms with Crippen LogP contribution in [-0.4, -0.2) is 26.1 Å². The second-order valence-electron chi connectivity index (χ2n) is 4.68. The van der Waals surface area contributed by atoms with Gasteiger partial charge in [0, 0.05) is 36.7 Å². The molecule has 0 radical (unpaired) electrons. The van der Waals surface area contributed by atoms with Gasteiger partial charge in [-0.25, -0.2) is 9.97 Å². The van der Waals surface area contributed by atoms with Crippen LogP contribution in [0.3, 0.4) is 0 Å². The molecule has 0 spiro atoms. The van der Waals surface area contributed by atoms with Crippen molar-refractivity contribution in [1.82, 2.24) is 14.5 Å².